The van der Waals surface area contributed by atoms with Gasteiger partial charge >= 0.3 is 0 Å². The van der Waals surface area contributed by atoms with E-state index in [-0.39, 0.29) is 12.5 Å². The van der Waals surface area contributed by atoms with Gasteiger partial charge < -0.3 is 25.0 Å². The van der Waals surface area contributed by atoms with Gasteiger partial charge in [-0.2, -0.15) is 0 Å². The number of hydrogen-bond donors (Lipinski definition) is 4. The third kappa shape index (κ3) is 6.17. The van der Waals surface area contributed by atoms with Gasteiger partial charge in [-0.3, -0.25) is 4.79 Å². The van der Waals surface area contributed by atoms with Crippen LogP contribution in [-0.2, 0) is 4.79 Å². The summed E-state index contributed by atoms with van der Waals surface area (Å²) in [5, 5.41) is 11.9. The molecule has 23 heavy (non-hydrogen) atoms. The zero-order chi connectivity index (χ0) is 16.5. The fourth-order valence-electron chi connectivity index (χ4n) is 2.93. The fourth-order valence-corrected chi connectivity index (χ4v) is 2.93. The molecular weight excluding hydrogens is 294 g/mol. The first-order valence-electron chi connectivity index (χ1n) is 8.52. The van der Waals surface area contributed by atoms with Gasteiger partial charge in [0.25, 0.3) is 0 Å². The Morgan fingerprint density at radius 1 is 1.13 bits per heavy atom. The second-order valence-corrected chi connectivity index (χ2v) is 5.98. The van der Waals surface area contributed by atoms with Crippen LogP contribution in [-0.4, -0.2) is 63.5 Å². The lowest BCUT2D eigenvalue weighted by Gasteiger charge is -2.29. The highest BCUT2D eigenvalue weighted by Crippen LogP contribution is 2.15. The summed E-state index contributed by atoms with van der Waals surface area (Å²) in [5.41, 5.74) is 0.811. The number of aliphatic hydroxyl groups is 1. The van der Waals surface area contributed by atoms with Crippen molar-refractivity contribution >= 4 is 11.6 Å². The van der Waals surface area contributed by atoms with Crippen molar-refractivity contribution in [2.75, 3.05) is 57.8 Å². The van der Waals surface area contributed by atoms with Crippen LogP contribution >= 0.6 is 0 Å². The van der Waals surface area contributed by atoms with E-state index in [1.165, 1.54) is 9.80 Å². The summed E-state index contributed by atoms with van der Waals surface area (Å²) in [6, 6.07) is 7.47. The van der Waals surface area contributed by atoms with Crippen LogP contribution in [0.3, 0.4) is 0 Å². The van der Waals surface area contributed by atoms with E-state index in [1.54, 1.807) is 0 Å². The highest BCUT2D eigenvalue weighted by Gasteiger charge is 2.22. The summed E-state index contributed by atoms with van der Waals surface area (Å²) >= 11 is 0. The monoisotopic (exact) mass is 323 g/mol. The lowest BCUT2D eigenvalue weighted by Crippen LogP contribution is -3.28. The molecule has 1 aliphatic heterocycles. The third-order valence-electron chi connectivity index (χ3n) is 4.28. The standard InChI is InChI=1S/C17H27N3O3/c1-2-23-16-5-3-15(4-6-16)18-17(22)7-8-19-9-11-20(12-10-19)13-14-21/h3-6,21H,2,7-14H2,1H3,(H,18,22)/p+2. The lowest BCUT2D eigenvalue weighted by atomic mass is 10.2. The van der Waals surface area contributed by atoms with E-state index < -0.39 is 0 Å². The molecule has 0 atom stereocenters. The van der Waals surface area contributed by atoms with Gasteiger partial charge in [0, 0.05) is 5.69 Å². The van der Waals surface area contributed by atoms with Crippen LogP contribution in [0.2, 0.25) is 0 Å². The molecule has 0 saturated carbocycles. The Morgan fingerprint density at radius 2 is 1.74 bits per heavy atom. The molecule has 4 N–H and O–H groups in total. The molecule has 2 rings (SSSR count). The van der Waals surface area contributed by atoms with Gasteiger partial charge in [0.15, 0.2) is 0 Å². The van der Waals surface area contributed by atoms with E-state index in [2.05, 4.69) is 5.32 Å². The van der Waals surface area contributed by atoms with E-state index in [0.717, 1.165) is 50.7 Å². The number of benzene rings is 1. The van der Waals surface area contributed by atoms with Crippen molar-refractivity contribution in [1.82, 2.24) is 0 Å². The van der Waals surface area contributed by atoms with E-state index in [9.17, 15) is 4.79 Å². The number of quaternary nitrogens is 2. The Bertz CT molecular complexity index is 470. The predicted molar refractivity (Wildman–Crippen MR) is 89.1 cm³/mol. The number of aliphatic hydroxyl groups excluding tert-OH is 1. The number of anilines is 1. The number of rotatable bonds is 8. The molecule has 1 amide bonds. The normalized spacial score (nSPS) is 21.0. The SMILES string of the molecule is CCOc1ccc(NC(=O)CC[NH+]2CC[NH+](CCO)CC2)cc1. The minimum Gasteiger partial charge on any atom is -0.494 e. The zero-order valence-electron chi connectivity index (χ0n) is 13.9. The number of hydrogen-bond acceptors (Lipinski definition) is 3. The van der Waals surface area contributed by atoms with Crippen molar-refractivity contribution in [3.05, 3.63) is 24.3 Å². The van der Waals surface area contributed by atoms with Crippen LogP contribution in [0.1, 0.15) is 13.3 Å². The summed E-state index contributed by atoms with van der Waals surface area (Å²) in [5.74, 6) is 0.880. The molecule has 0 aliphatic carbocycles. The number of piperazine rings is 1. The number of carbonyl (C=O) groups excluding carboxylic acids is 1. The van der Waals surface area contributed by atoms with Crippen LogP contribution < -0.4 is 19.9 Å². The molecule has 1 fully saturated rings. The van der Waals surface area contributed by atoms with E-state index in [4.69, 9.17) is 9.84 Å². The van der Waals surface area contributed by atoms with Crippen molar-refractivity contribution in [3.8, 4) is 5.75 Å². The number of ether oxygens (including phenoxy) is 1. The molecule has 0 aromatic heterocycles. The Labute approximate surface area is 138 Å². The first kappa shape index (κ1) is 17.7. The summed E-state index contributed by atoms with van der Waals surface area (Å²) in [7, 11) is 0. The summed E-state index contributed by atoms with van der Waals surface area (Å²) in [4.78, 5) is 15.0. The number of carbonyl (C=O) groups is 1. The van der Waals surface area contributed by atoms with Gasteiger partial charge in [-0.15, -0.1) is 0 Å². The van der Waals surface area contributed by atoms with E-state index >= 15 is 0 Å². The van der Waals surface area contributed by atoms with Crippen molar-refractivity contribution in [2.45, 2.75) is 13.3 Å². The van der Waals surface area contributed by atoms with Crippen LogP contribution in [0.15, 0.2) is 24.3 Å². The zero-order valence-corrected chi connectivity index (χ0v) is 13.9. The number of nitrogens with one attached hydrogen (secondary N) is 3. The molecule has 1 saturated heterocycles. The first-order valence-corrected chi connectivity index (χ1v) is 8.52. The molecule has 1 aliphatic rings. The fraction of sp³-hybridized carbons (Fsp3) is 0.588. The molecule has 6 heteroatoms. The van der Waals surface area contributed by atoms with Crippen LogP contribution in [0, 0.1) is 0 Å². The second kappa shape index (κ2) is 9.50. The molecule has 0 radical (unpaired) electrons. The highest BCUT2D eigenvalue weighted by atomic mass is 16.5. The minimum absolute atomic E-state index is 0.0618. The lowest BCUT2D eigenvalue weighted by molar-refractivity contribution is -1.01. The third-order valence-corrected chi connectivity index (χ3v) is 4.28. The smallest absolute Gasteiger partial charge is 0.230 e. The molecule has 0 bridgehead atoms. The topological polar surface area (TPSA) is 67.4 Å². The van der Waals surface area contributed by atoms with Gasteiger partial charge in [-0.25, -0.2) is 0 Å². The Balaban J connectivity index is 1.67. The highest BCUT2D eigenvalue weighted by molar-refractivity contribution is 5.90. The van der Waals surface area contributed by atoms with Gasteiger partial charge in [-0.05, 0) is 31.2 Å². The molecule has 0 unspecified atom stereocenters. The summed E-state index contributed by atoms with van der Waals surface area (Å²) < 4.78 is 5.38. The maximum atomic E-state index is 12.0. The van der Waals surface area contributed by atoms with Crippen molar-refractivity contribution in [2.24, 2.45) is 0 Å². The van der Waals surface area contributed by atoms with Crippen LogP contribution in [0.4, 0.5) is 5.69 Å². The first-order chi connectivity index (χ1) is 11.2. The summed E-state index contributed by atoms with van der Waals surface area (Å²) in [6.45, 7) is 8.87. The summed E-state index contributed by atoms with van der Waals surface area (Å²) in [6.07, 6.45) is 0.540. The quantitative estimate of drug-likeness (QED) is 0.456. The van der Waals surface area contributed by atoms with E-state index in [1.807, 2.05) is 31.2 Å². The van der Waals surface area contributed by atoms with Crippen LogP contribution in [0.25, 0.3) is 0 Å². The number of amides is 1. The molecular formula is C17H29N3O3+2. The van der Waals surface area contributed by atoms with Crippen molar-refractivity contribution in [1.29, 1.82) is 0 Å². The van der Waals surface area contributed by atoms with Gasteiger partial charge in [0.2, 0.25) is 5.91 Å². The predicted octanol–water partition coefficient (Wildman–Crippen LogP) is -1.81. The average molecular weight is 323 g/mol. The molecule has 1 aromatic carbocycles. The Morgan fingerprint density at radius 3 is 2.30 bits per heavy atom. The van der Waals surface area contributed by atoms with Gasteiger partial charge in [0.1, 0.15) is 38.5 Å². The van der Waals surface area contributed by atoms with Crippen LogP contribution in [0.5, 0.6) is 5.75 Å². The van der Waals surface area contributed by atoms with Gasteiger partial charge in [0.05, 0.1) is 26.2 Å². The Kier molecular flexibility index (Phi) is 7.32. The Hall–Kier alpha value is -1.63. The maximum Gasteiger partial charge on any atom is 0.230 e. The largest absolute Gasteiger partial charge is 0.494 e. The minimum atomic E-state index is 0.0618. The van der Waals surface area contributed by atoms with Crippen molar-refractivity contribution < 1.29 is 24.4 Å². The second-order valence-electron chi connectivity index (χ2n) is 5.98. The molecule has 0 spiro atoms. The van der Waals surface area contributed by atoms with E-state index in [0.29, 0.717) is 13.0 Å². The molecule has 1 heterocycles. The molecule has 6 nitrogen and oxygen atoms in total. The molecule has 1 aromatic rings. The average Bonchev–Trinajstić information content (AvgIpc) is 2.57. The molecule has 128 valence electrons. The van der Waals surface area contributed by atoms with Gasteiger partial charge in [-0.1, -0.05) is 0 Å². The van der Waals surface area contributed by atoms with Crippen molar-refractivity contribution in [3.63, 3.8) is 0 Å². The maximum absolute atomic E-state index is 12.0.